The summed E-state index contributed by atoms with van der Waals surface area (Å²) in [4.78, 5) is 18.1. The van der Waals surface area contributed by atoms with E-state index in [1.807, 2.05) is 73.3 Å². The molecule has 0 aliphatic carbocycles. The van der Waals surface area contributed by atoms with Crippen LogP contribution in [0.2, 0.25) is 0 Å². The van der Waals surface area contributed by atoms with Gasteiger partial charge in [0.1, 0.15) is 5.75 Å². The molecule has 0 saturated carbocycles. The van der Waals surface area contributed by atoms with Gasteiger partial charge in [0.25, 0.3) is 10.0 Å². The van der Waals surface area contributed by atoms with E-state index in [0.29, 0.717) is 24.4 Å². The van der Waals surface area contributed by atoms with Crippen LogP contribution in [-0.2, 0) is 21.4 Å². The standard InChI is InChI=1S/C31H41N3O4S/c1-8-29(24-12-10-9-11-13-24)31(35)34(23(4)22(2)3)21-25-20-26(14-19-30(25)33(5)6)32-39(36,37)28-17-15-27(38-7)16-18-28/h9-20,22-23,29,32H,8,21H2,1-7H3. The van der Waals surface area contributed by atoms with Crippen LogP contribution in [0, 0.1) is 5.92 Å². The summed E-state index contributed by atoms with van der Waals surface area (Å²) in [6.45, 7) is 8.69. The molecule has 1 N–H and O–H groups in total. The number of nitrogens with zero attached hydrogens (tertiary/aromatic N) is 2. The van der Waals surface area contributed by atoms with Gasteiger partial charge in [0.2, 0.25) is 5.91 Å². The molecule has 0 saturated heterocycles. The topological polar surface area (TPSA) is 79.0 Å². The van der Waals surface area contributed by atoms with Crippen molar-refractivity contribution in [1.82, 2.24) is 4.90 Å². The fraction of sp³-hybridized carbons (Fsp3) is 0.387. The lowest BCUT2D eigenvalue weighted by Crippen LogP contribution is -2.43. The molecule has 0 fully saturated rings. The molecule has 1 amide bonds. The van der Waals surface area contributed by atoms with E-state index in [1.165, 1.54) is 19.2 Å². The predicted octanol–water partition coefficient (Wildman–Crippen LogP) is 6.13. The van der Waals surface area contributed by atoms with Crippen LogP contribution in [0.5, 0.6) is 5.75 Å². The number of methoxy groups -OCH3 is 1. The van der Waals surface area contributed by atoms with Crippen molar-refractivity contribution < 1.29 is 17.9 Å². The van der Waals surface area contributed by atoms with Crippen LogP contribution in [0.25, 0.3) is 0 Å². The Hall–Kier alpha value is -3.52. The summed E-state index contributed by atoms with van der Waals surface area (Å²) in [6.07, 6.45) is 0.687. The van der Waals surface area contributed by atoms with E-state index in [4.69, 9.17) is 4.74 Å². The maximum atomic E-state index is 14.0. The molecule has 0 spiro atoms. The number of carbonyl (C=O) groups excluding carboxylic acids is 1. The second-order valence-electron chi connectivity index (χ2n) is 10.3. The van der Waals surface area contributed by atoms with Crippen LogP contribution in [0.15, 0.2) is 77.7 Å². The zero-order valence-electron chi connectivity index (χ0n) is 24.0. The van der Waals surface area contributed by atoms with Gasteiger partial charge in [-0.2, -0.15) is 0 Å². The molecular weight excluding hydrogens is 510 g/mol. The predicted molar refractivity (Wildman–Crippen MR) is 159 cm³/mol. The Kier molecular flexibility index (Phi) is 10.0. The molecule has 7 nitrogen and oxygen atoms in total. The van der Waals surface area contributed by atoms with Gasteiger partial charge in [-0.3, -0.25) is 9.52 Å². The van der Waals surface area contributed by atoms with Crippen LogP contribution in [0.3, 0.4) is 0 Å². The zero-order valence-corrected chi connectivity index (χ0v) is 24.8. The van der Waals surface area contributed by atoms with E-state index < -0.39 is 10.0 Å². The van der Waals surface area contributed by atoms with Gasteiger partial charge in [0.15, 0.2) is 0 Å². The lowest BCUT2D eigenvalue weighted by atomic mass is 9.92. The first-order chi connectivity index (χ1) is 18.5. The Bertz CT molecular complexity index is 1340. The van der Waals surface area contributed by atoms with Crippen molar-refractivity contribution in [2.45, 2.75) is 57.5 Å². The first-order valence-electron chi connectivity index (χ1n) is 13.3. The first-order valence-corrected chi connectivity index (χ1v) is 14.8. The number of rotatable bonds is 12. The lowest BCUT2D eigenvalue weighted by molar-refractivity contribution is -0.136. The van der Waals surface area contributed by atoms with Gasteiger partial charge in [0.05, 0.1) is 17.9 Å². The van der Waals surface area contributed by atoms with Gasteiger partial charge in [-0.15, -0.1) is 0 Å². The maximum Gasteiger partial charge on any atom is 0.261 e. The SMILES string of the molecule is CCC(C(=O)N(Cc1cc(NS(=O)(=O)c2ccc(OC)cc2)ccc1N(C)C)C(C)C(C)C)c1ccccc1. The van der Waals surface area contributed by atoms with E-state index in [0.717, 1.165) is 16.8 Å². The smallest absolute Gasteiger partial charge is 0.261 e. The first kappa shape index (κ1) is 30.0. The summed E-state index contributed by atoms with van der Waals surface area (Å²) < 4.78 is 34.1. The van der Waals surface area contributed by atoms with Crippen LogP contribution >= 0.6 is 0 Å². The summed E-state index contributed by atoms with van der Waals surface area (Å²) in [5.74, 6) is 0.629. The molecule has 210 valence electrons. The third-order valence-corrected chi connectivity index (χ3v) is 8.57. The van der Waals surface area contributed by atoms with E-state index in [1.54, 1.807) is 18.2 Å². The Morgan fingerprint density at radius 1 is 0.949 bits per heavy atom. The average molecular weight is 552 g/mol. The third kappa shape index (κ3) is 7.32. The quantitative estimate of drug-likeness (QED) is 0.293. The molecule has 3 rings (SSSR count). The highest BCUT2D eigenvalue weighted by Crippen LogP contribution is 2.31. The highest BCUT2D eigenvalue weighted by molar-refractivity contribution is 7.92. The minimum Gasteiger partial charge on any atom is -0.497 e. The van der Waals surface area contributed by atoms with Crippen LogP contribution in [0.1, 0.15) is 51.2 Å². The Labute approximate surface area is 233 Å². The number of hydrogen-bond acceptors (Lipinski definition) is 5. The maximum absolute atomic E-state index is 14.0. The van der Waals surface area contributed by atoms with Gasteiger partial charge in [0, 0.05) is 38.1 Å². The number of anilines is 2. The number of carbonyl (C=O) groups is 1. The fourth-order valence-electron chi connectivity index (χ4n) is 4.59. The molecule has 0 aromatic heterocycles. The van der Waals surface area contributed by atoms with Gasteiger partial charge < -0.3 is 14.5 Å². The Morgan fingerprint density at radius 2 is 1.59 bits per heavy atom. The Balaban J connectivity index is 1.99. The monoisotopic (exact) mass is 551 g/mol. The highest BCUT2D eigenvalue weighted by atomic mass is 32.2. The fourth-order valence-corrected chi connectivity index (χ4v) is 5.63. The number of ether oxygens (including phenoxy) is 1. The van der Waals surface area contributed by atoms with Crippen molar-refractivity contribution in [2.24, 2.45) is 5.92 Å². The zero-order chi connectivity index (χ0) is 28.7. The van der Waals surface area contributed by atoms with Gasteiger partial charge in [-0.25, -0.2) is 8.42 Å². The van der Waals surface area contributed by atoms with Crippen molar-refractivity contribution in [2.75, 3.05) is 30.8 Å². The normalized spacial score (nSPS) is 13.0. The van der Waals surface area contributed by atoms with Gasteiger partial charge in [-0.1, -0.05) is 51.1 Å². The molecule has 0 bridgehead atoms. The van der Waals surface area contributed by atoms with Crippen molar-refractivity contribution in [1.29, 1.82) is 0 Å². The summed E-state index contributed by atoms with van der Waals surface area (Å²) >= 11 is 0. The molecule has 0 aliphatic heterocycles. The summed E-state index contributed by atoms with van der Waals surface area (Å²) in [6, 6.07) is 21.6. The molecule has 0 radical (unpaired) electrons. The van der Waals surface area contributed by atoms with Gasteiger partial charge >= 0.3 is 0 Å². The van der Waals surface area contributed by atoms with E-state index >= 15 is 0 Å². The van der Waals surface area contributed by atoms with E-state index in [2.05, 4.69) is 25.5 Å². The minimum absolute atomic E-state index is 0.0232. The third-order valence-electron chi connectivity index (χ3n) is 7.17. The number of sulfonamides is 1. The minimum atomic E-state index is -3.82. The number of benzene rings is 3. The molecule has 0 aliphatic rings. The summed E-state index contributed by atoms with van der Waals surface area (Å²) in [5.41, 5.74) is 3.22. The van der Waals surface area contributed by atoms with Crippen molar-refractivity contribution in [3.63, 3.8) is 0 Å². The Morgan fingerprint density at radius 3 is 2.13 bits per heavy atom. The highest BCUT2D eigenvalue weighted by Gasteiger charge is 2.30. The molecule has 3 aromatic rings. The second-order valence-corrected chi connectivity index (χ2v) is 12.0. The van der Waals surface area contributed by atoms with Crippen LogP contribution in [0.4, 0.5) is 11.4 Å². The van der Waals surface area contributed by atoms with Gasteiger partial charge in [-0.05, 0) is 72.9 Å². The average Bonchev–Trinajstić information content (AvgIpc) is 2.92. The molecule has 3 aromatic carbocycles. The molecule has 0 heterocycles. The van der Waals surface area contributed by atoms with E-state index in [-0.39, 0.29) is 28.7 Å². The summed E-state index contributed by atoms with van der Waals surface area (Å²) in [7, 11) is 1.60. The molecular formula is C31H41N3O4S. The van der Waals surface area contributed by atoms with Crippen LogP contribution in [-0.4, -0.2) is 46.5 Å². The number of hydrogen-bond donors (Lipinski definition) is 1. The number of nitrogens with one attached hydrogen (secondary N) is 1. The molecule has 2 atom stereocenters. The summed E-state index contributed by atoms with van der Waals surface area (Å²) in [5, 5.41) is 0. The second kappa shape index (κ2) is 13.0. The van der Waals surface area contributed by atoms with Crippen molar-refractivity contribution in [3.05, 3.63) is 83.9 Å². The van der Waals surface area contributed by atoms with Crippen molar-refractivity contribution >= 4 is 27.3 Å². The molecule has 8 heteroatoms. The lowest BCUT2D eigenvalue weighted by Gasteiger charge is -2.36. The number of amides is 1. The molecule has 39 heavy (non-hydrogen) atoms. The van der Waals surface area contributed by atoms with Crippen LogP contribution < -0.4 is 14.4 Å². The van der Waals surface area contributed by atoms with E-state index in [9.17, 15) is 13.2 Å². The largest absolute Gasteiger partial charge is 0.497 e. The molecule has 2 unspecified atom stereocenters. The van der Waals surface area contributed by atoms with Crippen molar-refractivity contribution in [3.8, 4) is 5.75 Å².